The molecule has 0 aliphatic carbocycles. The number of hydrogen-bond acceptors (Lipinski definition) is 4. The Morgan fingerprint density at radius 1 is 1.20 bits per heavy atom. The SMILES string of the molecule is COc1coc(C(=O)Nc2ccc(C)c(C)c2)cc1=O. The van der Waals surface area contributed by atoms with E-state index < -0.39 is 11.3 Å². The van der Waals surface area contributed by atoms with Crippen molar-refractivity contribution in [2.45, 2.75) is 13.8 Å². The van der Waals surface area contributed by atoms with Crippen molar-refractivity contribution in [2.24, 2.45) is 0 Å². The Kier molecular flexibility index (Phi) is 3.89. The number of benzene rings is 1. The van der Waals surface area contributed by atoms with Crippen LogP contribution in [0.2, 0.25) is 0 Å². The molecule has 1 amide bonds. The minimum absolute atomic E-state index is 0.0611. The Labute approximate surface area is 116 Å². The average molecular weight is 273 g/mol. The molecule has 0 radical (unpaired) electrons. The molecule has 0 spiro atoms. The molecule has 104 valence electrons. The first-order valence-electron chi connectivity index (χ1n) is 6.06. The highest BCUT2D eigenvalue weighted by atomic mass is 16.5. The van der Waals surface area contributed by atoms with E-state index in [2.05, 4.69) is 5.32 Å². The first-order valence-corrected chi connectivity index (χ1v) is 6.06. The van der Waals surface area contributed by atoms with Crippen LogP contribution in [0.5, 0.6) is 5.75 Å². The van der Waals surface area contributed by atoms with E-state index in [1.807, 2.05) is 26.0 Å². The first-order chi connectivity index (χ1) is 9.51. The van der Waals surface area contributed by atoms with Gasteiger partial charge < -0.3 is 14.5 Å². The summed E-state index contributed by atoms with van der Waals surface area (Å²) < 4.78 is 9.87. The Morgan fingerprint density at radius 2 is 1.95 bits per heavy atom. The maximum atomic E-state index is 12.0. The topological polar surface area (TPSA) is 68.5 Å². The normalized spacial score (nSPS) is 10.2. The average Bonchev–Trinajstić information content (AvgIpc) is 2.42. The van der Waals surface area contributed by atoms with Gasteiger partial charge in [-0.2, -0.15) is 0 Å². The maximum Gasteiger partial charge on any atom is 0.291 e. The van der Waals surface area contributed by atoms with Crippen molar-refractivity contribution in [3.05, 3.63) is 57.6 Å². The second kappa shape index (κ2) is 5.61. The van der Waals surface area contributed by atoms with Crippen LogP contribution in [0.4, 0.5) is 5.69 Å². The number of rotatable bonds is 3. The third-order valence-corrected chi connectivity index (χ3v) is 3.01. The lowest BCUT2D eigenvalue weighted by atomic mass is 10.1. The third-order valence-electron chi connectivity index (χ3n) is 3.01. The van der Waals surface area contributed by atoms with E-state index in [0.29, 0.717) is 5.69 Å². The van der Waals surface area contributed by atoms with E-state index >= 15 is 0 Å². The molecule has 2 rings (SSSR count). The first kappa shape index (κ1) is 13.9. The van der Waals surface area contributed by atoms with Gasteiger partial charge in [0.05, 0.1) is 7.11 Å². The summed E-state index contributed by atoms with van der Waals surface area (Å²) in [6, 6.07) is 6.67. The Hall–Kier alpha value is -2.56. The van der Waals surface area contributed by atoms with Crippen molar-refractivity contribution in [2.75, 3.05) is 12.4 Å². The molecule has 5 heteroatoms. The molecule has 0 saturated carbocycles. The summed E-state index contributed by atoms with van der Waals surface area (Å²) >= 11 is 0. The van der Waals surface area contributed by atoms with Crippen molar-refractivity contribution < 1.29 is 13.9 Å². The molecular formula is C15H15NO4. The zero-order valence-corrected chi connectivity index (χ0v) is 11.5. The van der Waals surface area contributed by atoms with Gasteiger partial charge in [-0.3, -0.25) is 9.59 Å². The zero-order chi connectivity index (χ0) is 14.7. The van der Waals surface area contributed by atoms with Crippen molar-refractivity contribution in [1.29, 1.82) is 0 Å². The number of nitrogens with one attached hydrogen (secondary N) is 1. The summed E-state index contributed by atoms with van der Waals surface area (Å²) in [4.78, 5) is 23.5. The van der Waals surface area contributed by atoms with Crippen molar-refractivity contribution in [1.82, 2.24) is 0 Å². The minimum Gasteiger partial charge on any atom is -0.490 e. The highest BCUT2D eigenvalue weighted by Crippen LogP contribution is 2.15. The second-order valence-corrected chi connectivity index (χ2v) is 4.43. The van der Waals surface area contributed by atoms with Gasteiger partial charge >= 0.3 is 0 Å². The summed E-state index contributed by atoms with van der Waals surface area (Å²) in [5.74, 6) is -0.477. The fourth-order valence-electron chi connectivity index (χ4n) is 1.68. The molecule has 1 aromatic heterocycles. The van der Waals surface area contributed by atoms with Crippen LogP contribution in [0.1, 0.15) is 21.7 Å². The Balaban J connectivity index is 2.21. The summed E-state index contributed by atoms with van der Waals surface area (Å²) in [5, 5.41) is 2.68. The van der Waals surface area contributed by atoms with Crippen LogP contribution in [0.15, 0.2) is 39.7 Å². The number of amides is 1. The molecule has 0 aliphatic heterocycles. The van der Waals surface area contributed by atoms with Gasteiger partial charge in [0, 0.05) is 11.8 Å². The molecule has 0 saturated heterocycles. The van der Waals surface area contributed by atoms with Gasteiger partial charge in [0.15, 0.2) is 5.76 Å². The molecule has 20 heavy (non-hydrogen) atoms. The molecular weight excluding hydrogens is 258 g/mol. The van der Waals surface area contributed by atoms with Crippen LogP contribution in [0.3, 0.4) is 0 Å². The van der Waals surface area contributed by atoms with E-state index in [0.717, 1.165) is 23.5 Å². The summed E-state index contributed by atoms with van der Waals surface area (Å²) in [6.45, 7) is 3.95. The van der Waals surface area contributed by atoms with E-state index in [1.54, 1.807) is 6.07 Å². The van der Waals surface area contributed by atoms with Gasteiger partial charge in [-0.05, 0) is 37.1 Å². The molecule has 0 bridgehead atoms. The molecule has 5 nitrogen and oxygen atoms in total. The second-order valence-electron chi connectivity index (χ2n) is 4.43. The van der Waals surface area contributed by atoms with E-state index in [9.17, 15) is 9.59 Å². The summed E-state index contributed by atoms with van der Waals surface area (Å²) in [6.07, 6.45) is 1.12. The lowest BCUT2D eigenvalue weighted by molar-refractivity contribution is 0.0993. The fraction of sp³-hybridized carbons (Fsp3) is 0.200. The molecule has 0 fully saturated rings. The number of ether oxygens (including phenoxy) is 1. The van der Waals surface area contributed by atoms with Gasteiger partial charge in [0.25, 0.3) is 5.91 Å². The number of hydrogen-bond donors (Lipinski definition) is 1. The van der Waals surface area contributed by atoms with E-state index in [-0.39, 0.29) is 11.5 Å². The quantitative estimate of drug-likeness (QED) is 0.933. The number of methoxy groups -OCH3 is 1. The maximum absolute atomic E-state index is 12.0. The predicted molar refractivity (Wildman–Crippen MR) is 75.4 cm³/mol. The van der Waals surface area contributed by atoms with Crippen molar-refractivity contribution >= 4 is 11.6 Å². The van der Waals surface area contributed by atoms with Crippen LogP contribution in [0, 0.1) is 13.8 Å². The van der Waals surface area contributed by atoms with Crippen LogP contribution < -0.4 is 15.5 Å². The molecule has 0 aliphatic rings. The smallest absolute Gasteiger partial charge is 0.291 e. The zero-order valence-electron chi connectivity index (χ0n) is 11.5. The molecule has 1 N–H and O–H groups in total. The van der Waals surface area contributed by atoms with Gasteiger partial charge in [-0.15, -0.1) is 0 Å². The van der Waals surface area contributed by atoms with Gasteiger partial charge in [0.2, 0.25) is 11.2 Å². The summed E-state index contributed by atoms with van der Waals surface area (Å²) in [5.41, 5.74) is 2.46. The van der Waals surface area contributed by atoms with Gasteiger partial charge in [-0.25, -0.2) is 0 Å². The number of aryl methyl sites for hydroxylation is 2. The minimum atomic E-state index is -0.479. The van der Waals surface area contributed by atoms with Gasteiger partial charge in [0.1, 0.15) is 6.26 Å². The molecule has 1 aromatic carbocycles. The van der Waals surface area contributed by atoms with Crippen LogP contribution in [-0.4, -0.2) is 13.0 Å². The van der Waals surface area contributed by atoms with Crippen molar-refractivity contribution in [3.8, 4) is 5.75 Å². The van der Waals surface area contributed by atoms with Crippen LogP contribution in [-0.2, 0) is 0 Å². The largest absolute Gasteiger partial charge is 0.490 e. The highest BCUT2D eigenvalue weighted by molar-refractivity contribution is 6.02. The van der Waals surface area contributed by atoms with E-state index in [1.165, 1.54) is 7.11 Å². The number of carbonyl (C=O) groups is 1. The Bertz CT molecular complexity index is 703. The van der Waals surface area contributed by atoms with Crippen LogP contribution in [0.25, 0.3) is 0 Å². The monoisotopic (exact) mass is 273 g/mol. The lowest BCUT2D eigenvalue weighted by Gasteiger charge is -2.07. The lowest BCUT2D eigenvalue weighted by Crippen LogP contribution is -2.15. The molecule has 0 unspecified atom stereocenters. The summed E-state index contributed by atoms with van der Waals surface area (Å²) in [7, 11) is 1.36. The molecule has 2 aromatic rings. The number of carbonyl (C=O) groups excluding carboxylic acids is 1. The molecule has 0 atom stereocenters. The highest BCUT2D eigenvalue weighted by Gasteiger charge is 2.12. The van der Waals surface area contributed by atoms with Crippen molar-refractivity contribution in [3.63, 3.8) is 0 Å². The fourth-order valence-corrected chi connectivity index (χ4v) is 1.68. The Morgan fingerprint density at radius 3 is 2.55 bits per heavy atom. The predicted octanol–water partition coefficient (Wildman–Crippen LogP) is 2.52. The van der Waals surface area contributed by atoms with Gasteiger partial charge in [-0.1, -0.05) is 6.07 Å². The van der Waals surface area contributed by atoms with E-state index in [4.69, 9.17) is 9.15 Å². The standard InChI is InChI=1S/C15H15NO4/c1-9-4-5-11(6-10(9)2)16-15(18)13-7-12(17)14(19-3)8-20-13/h4-8H,1-3H3,(H,16,18). The number of anilines is 1. The van der Waals surface area contributed by atoms with Crippen LogP contribution >= 0.6 is 0 Å². The third kappa shape index (κ3) is 2.88. The molecule has 1 heterocycles.